The van der Waals surface area contributed by atoms with Crippen LogP contribution in [0.2, 0.25) is 0 Å². The molecule has 314 valence electrons. The van der Waals surface area contributed by atoms with Crippen molar-refractivity contribution in [3.8, 4) is 0 Å². The molecule has 0 saturated heterocycles. The molecule has 0 aromatic heterocycles. The van der Waals surface area contributed by atoms with Gasteiger partial charge in [-0.25, -0.2) is 0 Å². The molecule has 4 aliphatic rings. The molecular weight excluding hydrogens is 809 g/mol. The van der Waals surface area contributed by atoms with Crippen LogP contribution in [0.4, 0.5) is 0 Å². The maximum absolute atomic E-state index is 12.3. The Bertz CT molecular complexity index is 3690. The van der Waals surface area contributed by atoms with Crippen LogP contribution in [0, 0.1) is 0 Å². The predicted octanol–water partition coefficient (Wildman–Crippen LogP) is 10.1. The van der Waals surface area contributed by atoms with Crippen LogP contribution in [0.3, 0.4) is 0 Å². The van der Waals surface area contributed by atoms with Crippen molar-refractivity contribution in [3.05, 3.63) is 141 Å². The van der Waals surface area contributed by atoms with Gasteiger partial charge in [0, 0.05) is 43.2 Å². The van der Waals surface area contributed by atoms with Gasteiger partial charge in [0.2, 0.25) is 11.8 Å². The van der Waals surface area contributed by atoms with Gasteiger partial charge in [0.1, 0.15) is 0 Å². The monoisotopic (exact) mass is 848 g/mol. The van der Waals surface area contributed by atoms with E-state index in [0.717, 1.165) is 24.0 Å². The van der Waals surface area contributed by atoms with Crippen molar-refractivity contribution < 1.29 is 29.4 Å². The lowest BCUT2D eigenvalue weighted by atomic mass is 9.81. The van der Waals surface area contributed by atoms with E-state index in [1.54, 1.807) is 0 Å². The Balaban J connectivity index is 0.901. The van der Waals surface area contributed by atoms with Crippen LogP contribution >= 0.6 is 0 Å². The van der Waals surface area contributed by atoms with Gasteiger partial charge in [0.15, 0.2) is 0 Å². The second kappa shape index (κ2) is 12.1. The number of hydrogen-bond acceptors (Lipinski definition) is 4. The first-order chi connectivity index (χ1) is 31.7. The summed E-state index contributed by atoms with van der Waals surface area (Å²) >= 11 is 0. The van der Waals surface area contributed by atoms with Crippen molar-refractivity contribution in [3.63, 3.8) is 0 Å². The van der Waals surface area contributed by atoms with Gasteiger partial charge in [-0.15, -0.1) is 0 Å². The average molecular weight is 849 g/mol. The number of aliphatic carboxylic acids is 2. The second-order valence-electron chi connectivity index (χ2n) is 19.6. The van der Waals surface area contributed by atoms with Crippen LogP contribution in [0.5, 0.6) is 0 Å². The third kappa shape index (κ3) is 4.34. The molecule has 4 N–H and O–H groups in total. The second-order valence-corrected chi connectivity index (χ2v) is 19.6. The van der Waals surface area contributed by atoms with E-state index in [-0.39, 0.29) is 54.7 Å². The third-order valence-corrected chi connectivity index (χ3v) is 16.6. The maximum atomic E-state index is 12.3. The zero-order valence-corrected chi connectivity index (χ0v) is 35.3. The fraction of sp³-hybridized carbons (Fsp3) is 0.228. The summed E-state index contributed by atoms with van der Waals surface area (Å²) in [6.45, 7) is 0.874. The van der Waals surface area contributed by atoms with Gasteiger partial charge in [-0.2, -0.15) is 0 Å². The van der Waals surface area contributed by atoms with Crippen molar-refractivity contribution in [1.29, 1.82) is 0 Å². The summed E-state index contributed by atoms with van der Waals surface area (Å²) in [7, 11) is 0. The lowest BCUT2D eigenvalue weighted by Gasteiger charge is -2.22. The minimum Gasteiger partial charge on any atom is -0.481 e. The van der Waals surface area contributed by atoms with E-state index in [0.29, 0.717) is 25.9 Å². The van der Waals surface area contributed by atoms with Gasteiger partial charge in [0.05, 0.1) is 12.8 Å². The van der Waals surface area contributed by atoms with Crippen molar-refractivity contribution in [2.24, 2.45) is 0 Å². The average Bonchev–Trinajstić information content (AvgIpc) is 3.61. The molecule has 2 atom stereocenters. The van der Waals surface area contributed by atoms with Crippen LogP contribution in [-0.2, 0) is 50.3 Å². The summed E-state index contributed by atoms with van der Waals surface area (Å²) in [6, 6.07) is 33.0. The Labute approximate surface area is 370 Å². The molecule has 0 radical (unpaired) electrons. The Morgan fingerprint density at radius 2 is 0.815 bits per heavy atom. The van der Waals surface area contributed by atoms with E-state index in [9.17, 15) is 19.2 Å². The van der Waals surface area contributed by atoms with Gasteiger partial charge >= 0.3 is 11.9 Å². The largest absolute Gasteiger partial charge is 0.481 e. The highest BCUT2D eigenvalue weighted by Crippen LogP contribution is 2.79. The molecule has 65 heavy (non-hydrogen) atoms. The van der Waals surface area contributed by atoms with E-state index in [4.69, 9.17) is 10.2 Å². The maximum Gasteiger partial charge on any atom is 0.303 e. The Morgan fingerprint density at radius 3 is 1.22 bits per heavy atom. The standard InChI is InChI=1S/C57H40N2O6/c60-37(11-13-39(62)63)58-17-15-25-1-7-33(8-2-25)57(34-9-3-26(4-10-34)16-18-59-38(61)12-14-40(64)65)55-35-23-31-21-29-19-27-5-6-28-20-30-22-32-24-36(56(55)57)48-47(35)51-45(31)43(29)49-41(27)42(28)50-44(30)46(32)52(48)54(51)53(49)50/h1-10,19-20,23-24,55-56H,11-18,21-22H2,(H,58,60)(H,59,61)(H,62,63)(H,64,65). The highest BCUT2D eigenvalue weighted by molar-refractivity contribution is 6.58. The molecule has 0 heterocycles. The van der Waals surface area contributed by atoms with Crippen LogP contribution in [0.1, 0.15) is 93.2 Å². The van der Waals surface area contributed by atoms with Crippen LogP contribution in [0.15, 0.2) is 84.9 Å². The number of benzene rings is 9. The van der Waals surface area contributed by atoms with Gasteiger partial charge < -0.3 is 20.8 Å². The number of rotatable bonds is 14. The predicted molar refractivity (Wildman–Crippen MR) is 254 cm³/mol. The third-order valence-electron chi connectivity index (χ3n) is 16.6. The van der Waals surface area contributed by atoms with Crippen LogP contribution < -0.4 is 10.6 Å². The zero-order chi connectivity index (χ0) is 43.4. The summed E-state index contributed by atoms with van der Waals surface area (Å²) in [5.74, 6) is -2.04. The summed E-state index contributed by atoms with van der Waals surface area (Å²) in [4.78, 5) is 46.7. The van der Waals surface area contributed by atoms with Crippen LogP contribution in [0.25, 0.3) is 86.2 Å². The van der Waals surface area contributed by atoms with Gasteiger partial charge in [-0.1, -0.05) is 84.9 Å². The quantitative estimate of drug-likeness (QED) is 0.0806. The van der Waals surface area contributed by atoms with E-state index in [1.165, 1.54) is 131 Å². The number of carbonyl (C=O) groups is 4. The molecule has 11 aromatic rings. The number of carboxylic acids is 2. The SMILES string of the molecule is O=C(O)CCC(=O)NCCc1ccc(C2(c3ccc(CCNC(=O)CCC(=O)O)cc3)C3c4cc5c6c7c(cc8ccc9cc%10c%11c%12c(cc(c%13c4c6c(c%13%12)c4c7c8c9c%114)C32)C%10)C5)cc1. The van der Waals surface area contributed by atoms with E-state index in [1.807, 2.05) is 0 Å². The molecule has 0 spiro atoms. The lowest BCUT2D eigenvalue weighted by molar-refractivity contribution is -0.139. The number of carboxylic acid groups (broad SMARTS) is 2. The summed E-state index contributed by atoms with van der Waals surface area (Å²) in [6.07, 6.45) is 2.74. The molecule has 0 aliphatic heterocycles. The first-order valence-corrected chi connectivity index (χ1v) is 23.1. The molecule has 8 heteroatoms. The van der Waals surface area contributed by atoms with E-state index in [2.05, 4.69) is 95.6 Å². The normalized spacial score (nSPS) is 17.5. The highest BCUT2D eigenvalue weighted by atomic mass is 16.4. The fourth-order valence-corrected chi connectivity index (χ4v) is 14.2. The zero-order valence-electron chi connectivity index (χ0n) is 35.3. The minimum atomic E-state index is -0.977. The molecule has 1 saturated carbocycles. The Hall–Kier alpha value is -7.32. The lowest BCUT2D eigenvalue weighted by Crippen LogP contribution is -2.26. The van der Waals surface area contributed by atoms with Crippen molar-refractivity contribution >= 4 is 110 Å². The molecule has 0 bridgehead atoms. The fourth-order valence-electron chi connectivity index (χ4n) is 14.2. The van der Waals surface area contributed by atoms with Gasteiger partial charge in [0.25, 0.3) is 0 Å². The molecule has 8 nitrogen and oxygen atoms in total. The minimum absolute atomic E-state index is 0.0287. The number of amides is 2. The smallest absolute Gasteiger partial charge is 0.303 e. The number of fused-ring (bicyclic) bond motifs is 3. The first-order valence-electron chi connectivity index (χ1n) is 23.1. The molecule has 2 unspecified atom stereocenters. The summed E-state index contributed by atoms with van der Waals surface area (Å²) in [5, 5.41) is 47.4. The van der Waals surface area contributed by atoms with E-state index >= 15 is 0 Å². The van der Waals surface area contributed by atoms with E-state index < -0.39 is 11.9 Å². The molecular formula is C57H40N2O6. The molecule has 2 amide bonds. The molecule has 4 aliphatic carbocycles. The van der Waals surface area contributed by atoms with Crippen molar-refractivity contribution in [1.82, 2.24) is 10.6 Å². The summed E-state index contributed by atoms with van der Waals surface area (Å²) in [5.41, 5.74) is 13.2. The Morgan fingerprint density at radius 1 is 0.446 bits per heavy atom. The molecule has 1 fully saturated rings. The van der Waals surface area contributed by atoms with Crippen molar-refractivity contribution in [2.75, 3.05) is 13.1 Å². The first kappa shape index (κ1) is 36.1. The summed E-state index contributed by atoms with van der Waals surface area (Å²) < 4.78 is 0. The Kier molecular flexibility index (Phi) is 6.69. The van der Waals surface area contributed by atoms with Gasteiger partial charge in [-0.05, 0) is 167 Å². The highest BCUT2D eigenvalue weighted by Gasteiger charge is 2.69. The number of carbonyl (C=O) groups excluding carboxylic acids is 2. The number of nitrogens with one attached hydrogen (secondary N) is 2. The number of hydrogen-bond donors (Lipinski definition) is 4. The van der Waals surface area contributed by atoms with Crippen molar-refractivity contribution in [2.45, 2.75) is 68.6 Å². The molecule has 15 rings (SSSR count). The topological polar surface area (TPSA) is 133 Å². The molecule has 11 aromatic carbocycles. The van der Waals surface area contributed by atoms with Gasteiger partial charge in [-0.3, -0.25) is 19.2 Å². The van der Waals surface area contributed by atoms with Crippen LogP contribution in [-0.4, -0.2) is 47.1 Å².